The van der Waals surface area contributed by atoms with Crippen molar-refractivity contribution in [2.24, 2.45) is 0 Å². The first-order chi connectivity index (χ1) is 6.72. The highest BCUT2D eigenvalue weighted by atomic mass is 15.0. The van der Waals surface area contributed by atoms with Gasteiger partial charge in [0.25, 0.3) is 0 Å². The fraction of sp³-hybridized carbons (Fsp3) is 0.455. The molecular formula is C11H15N3. The molecule has 3 nitrogen and oxygen atoms in total. The van der Waals surface area contributed by atoms with Crippen LogP contribution in [0.2, 0.25) is 0 Å². The first-order valence-electron chi connectivity index (χ1n) is 4.87. The summed E-state index contributed by atoms with van der Waals surface area (Å²) in [5.41, 5.74) is 2.78. The summed E-state index contributed by atoms with van der Waals surface area (Å²) in [6.07, 6.45) is 0.917. The van der Waals surface area contributed by atoms with Gasteiger partial charge < -0.3 is 5.32 Å². The van der Waals surface area contributed by atoms with E-state index in [-0.39, 0.29) is 0 Å². The Morgan fingerprint density at radius 3 is 2.71 bits per heavy atom. The summed E-state index contributed by atoms with van der Waals surface area (Å²) >= 11 is 0. The van der Waals surface area contributed by atoms with Crippen LogP contribution in [0.25, 0.3) is 0 Å². The standard InChI is InChI=1S/C11H15N3/c1-4-9-6-10(7-12)11(13-5-2)14-8(9)3/h6H,4-5H2,1-3H3,(H,13,14). The van der Waals surface area contributed by atoms with Gasteiger partial charge in [-0.25, -0.2) is 4.98 Å². The van der Waals surface area contributed by atoms with Crippen molar-refractivity contribution in [3.63, 3.8) is 0 Å². The van der Waals surface area contributed by atoms with Crippen LogP contribution in [0.4, 0.5) is 5.82 Å². The predicted molar refractivity (Wildman–Crippen MR) is 57.2 cm³/mol. The van der Waals surface area contributed by atoms with Crippen LogP contribution in [0, 0.1) is 18.3 Å². The van der Waals surface area contributed by atoms with E-state index in [4.69, 9.17) is 5.26 Å². The van der Waals surface area contributed by atoms with Crippen molar-refractivity contribution in [1.82, 2.24) is 4.98 Å². The fourth-order valence-corrected chi connectivity index (χ4v) is 1.39. The average molecular weight is 189 g/mol. The summed E-state index contributed by atoms with van der Waals surface area (Å²) < 4.78 is 0. The summed E-state index contributed by atoms with van der Waals surface area (Å²) in [5, 5.41) is 12.0. The van der Waals surface area contributed by atoms with Gasteiger partial charge in [-0.15, -0.1) is 0 Å². The smallest absolute Gasteiger partial charge is 0.144 e. The molecule has 1 aromatic rings. The number of nitrogens with one attached hydrogen (secondary N) is 1. The molecule has 0 bridgehead atoms. The maximum absolute atomic E-state index is 8.93. The number of hydrogen-bond acceptors (Lipinski definition) is 3. The quantitative estimate of drug-likeness (QED) is 0.793. The number of aromatic nitrogens is 1. The molecule has 0 aliphatic heterocycles. The summed E-state index contributed by atoms with van der Waals surface area (Å²) in [6, 6.07) is 4.07. The number of rotatable bonds is 3. The molecule has 0 spiro atoms. The number of hydrogen-bond donors (Lipinski definition) is 1. The third-order valence-corrected chi connectivity index (χ3v) is 2.16. The molecule has 74 valence electrons. The van der Waals surface area contributed by atoms with E-state index in [1.165, 1.54) is 0 Å². The van der Waals surface area contributed by atoms with Crippen molar-refractivity contribution < 1.29 is 0 Å². The SMILES string of the molecule is CCNc1nc(C)c(CC)cc1C#N. The second-order valence-corrected chi connectivity index (χ2v) is 3.12. The molecule has 1 N–H and O–H groups in total. The lowest BCUT2D eigenvalue weighted by atomic mass is 10.1. The molecule has 0 atom stereocenters. The Kier molecular flexibility index (Phi) is 3.47. The van der Waals surface area contributed by atoms with Gasteiger partial charge in [-0.05, 0) is 31.9 Å². The van der Waals surface area contributed by atoms with Crippen LogP contribution < -0.4 is 5.32 Å². The minimum atomic E-state index is 0.634. The Hall–Kier alpha value is -1.56. The van der Waals surface area contributed by atoms with Crippen LogP contribution in [0.3, 0.4) is 0 Å². The van der Waals surface area contributed by atoms with E-state index in [0.29, 0.717) is 11.4 Å². The third-order valence-electron chi connectivity index (χ3n) is 2.16. The lowest BCUT2D eigenvalue weighted by Crippen LogP contribution is -2.04. The number of aryl methyl sites for hydroxylation is 2. The topological polar surface area (TPSA) is 48.7 Å². The molecule has 3 heteroatoms. The van der Waals surface area contributed by atoms with Crippen LogP contribution in [-0.4, -0.2) is 11.5 Å². The van der Waals surface area contributed by atoms with Gasteiger partial charge in [0.2, 0.25) is 0 Å². The highest BCUT2D eigenvalue weighted by Gasteiger charge is 2.06. The summed E-state index contributed by atoms with van der Waals surface area (Å²) in [5.74, 6) is 0.699. The van der Waals surface area contributed by atoms with Crippen LogP contribution in [0.15, 0.2) is 6.07 Å². The Labute approximate surface area is 84.8 Å². The summed E-state index contributed by atoms with van der Waals surface area (Å²) in [6.45, 7) is 6.82. The molecule has 0 saturated heterocycles. The second kappa shape index (κ2) is 4.61. The van der Waals surface area contributed by atoms with Gasteiger partial charge in [-0.1, -0.05) is 6.92 Å². The molecule has 0 amide bonds. The van der Waals surface area contributed by atoms with E-state index < -0.39 is 0 Å². The second-order valence-electron chi connectivity index (χ2n) is 3.12. The maximum atomic E-state index is 8.93. The molecule has 0 unspecified atom stereocenters. The minimum absolute atomic E-state index is 0.634. The Bertz CT molecular complexity index is 364. The lowest BCUT2D eigenvalue weighted by Gasteiger charge is -2.08. The summed E-state index contributed by atoms with van der Waals surface area (Å²) in [4.78, 5) is 4.37. The Balaban J connectivity index is 3.19. The van der Waals surface area contributed by atoms with Crippen molar-refractivity contribution in [2.75, 3.05) is 11.9 Å². The molecule has 0 aliphatic carbocycles. The van der Waals surface area contributed by atoms with Crippen molar-refractivity contribution in [3.8, 4) is 6.07 Å². The van der Waals surface area contributed by atoms with Crippen LogP contribution in [-0.2, 0) is 6.42 Å². The highest BCUT2D eigenvalue weighted by Crippen LogP contribution is 2.16. The lowest BCUT2D eigenvalue weighted by molar-refractivity contribution is 1.03. The molecule has 1 rings (SSSR count). The normalized spacial score (nSPS) is 9.57. The third kappa shape index (κ3) is 2.02. The van der Waals surface area contributed by atoms with Crippen molar-refractivity contribution in [2.45, 2.75) is 27.2 Å². The zero-order valence-electron chi connectivity index (χ0n) is 8.89. The fourth-order valence-electron chi connectivity index (χ4n) is 1.39. The monoisotopic (exact) mass is 189 g/mol. The van der Waals surface area contributed by atoms with E-state index in [1.807, 2.05) is 19.9 Å². The highest BCUT2D eigenvalue weighted by molar-refractivity contribution is 5.54. The van der Waals surface area contributed by atoms with Crippen LogP contribution >= 0.6 is 0 Å². The van der Waals surface area contributed by atoms with Gasteiger partial charge in [0.05, 0.1) is 5.56 Å². The van der Waals surface area contributed by atoms with Gasteiger partial charge in [0, 0.05) is 12.2 Å². The Morgan fingerprint density at radius 2 is 2.21 bits per heavy atom. The maximum Gasteiger partial charge on any atom is 0.144 e. The van der Waals surface area contributed by atoms with Crippen molar-refractivity contribution in [1.29, 1.82) is 5.26 Å². The molecule has 0 radical (unpaired) electrons. The average Bonchev–Trinajstić information content (AvgIpc) is 2.19. The molecule has 0 aliphatic rings. The first kappa shape index (κ1) is 10.5. The molecule has 14 heavy (non-hydrogen) atoms. The van der Waals surface area contributed by atoms with Crippen molar-refractivity contribution >= 4 is 5.82 Å². The zero-order valence-corrected chi connectivity index (χ0v) is 8.89. The van der Waals surface area contributed by atoms with E-state index in [1.54, 1.807) is 0 Å². The molecule has 0 fully saturated rings. The zero-order chi connectivity index (χ0) is 10.6. The van der Waals surface area contributed by atoms with E-state index in [9.17, 15) is 0 Å². The van der Waals surface area contributed by atoms with E-state index in [2.05, 4.69) is 23.3 Å². The number of nitriles is 1. The molecule has 0 saturated carbocycles. The van der Waals surface area contributed by atoms with Gasteiger partial charge in [-0.3, -0.25) is 0 Å². The number of anilines is 1. The van der Waals surface area contributed by atoms with Crippen LogP contribution in [0.5, 0.6) is 0 Å². The van der Waals surface area contributed by atoms with Gasteiger partial charge in [0.15, 0.2) is 0 Å². The number of pyridine rings is 1. The molecule has 0 aromatic carbocycles. The van der Waals surface area contributed by atoms with E-state index >= 15 is 0 Å². The molecule has 1 aromatic heterocycles. The minimum Gasteiger partial charge on any atom is -0.369 e. The van der Waals surface area contributed by atoms with Gasteiger partial charge in [-0.2, -0.15) is 5.26 Å². The van der Waals surface area contributed by atoms with Crippen LogP contribution in [0.1, 0.15) is 30.7 Å². The summed E-state index contributed by atoms with van der Waals surface area (Å²) in [7, 11) is 0. The Morgan fingerprint density at radius 1 is 1.50 bits per heavy atom. The van der Waals surface area contributed by atoms with Gasteiger partial charge >= 0.3 is 0 Å². The predicted octanol–water partition coefficient (Wildman–Crippen LogP) is 2.26. The molecular weight excluding hydrogens is 174 g/mol. The largest absolute Gasteiger partial charge is 0.369 e. The van der Waals surface area contributed by atoms with Gasteiger partial charge in [0.1, 0.15) is 11.9 Å². The molecule has 1 heterocycles. The first-order valence-corrected chi connectivity index (χ1v) is 4.87. The van der Waals surface area contributed by atoms with Crippen molar-refractivity contribution in [3.05, 3.63) is 22.9 Å². The van der Waals surface area contributed by atoms with E-state index in [0.717, 1.165) is 24.2 Å². The number of nitrogens with zero attached hydrogens (tertiary/aromatic N) is 2.